The molecule has 1 amide bonds. The summed E-state index contributed by atoms with van der Waals surface area (Å²) in [4.78, 5) is 11.9. The van der Waals surface area contributed by atoms with E-state index in [1.54, 1.807) is 12.1 Å². The highest BCUT2D eigenvalue weighted by Crippen LogP contribution is 2.33. The van der Waals surface area contributed by atoms with E-state index in [1.165, 1.54) is 5.56 Å². The smallest absolute Gasteiger partial charge is 0.416 e. The van der Waals surface area contributed by atoms with Gasteiger partial charge in [0.1, 0.15) is 5.75 Å². The van der Waals surface area contributed by atoms with E-state index in [4.69, 9.17) is 16.3 Å². The number of hydrogen-bond donors (Lipinski definition) is 1. The van der Waals surface area contributed by atoms with Gasteiger partial charge in [-0.1, -0.05) is 37.6 Å². The number of alkyl halides is 3. The predicted octanol–water partition coefficient (Wildman–Crippen LogP) is 5.89. The van der Waals surface area contributed by atoms with Crippen molar-refractivity contribution in [2.75, 3.05) is 11.9 Å². The number of amides is 1. The molecule has 0 saturated heterocycles. The molecule has 0 unspecified atom stereocenters. The molecule has 0 saturated carbocycles. The molecule has 1 atom stereocenters. The van der Waals surface area contributed by atoms with E-state index >= 15 is 0 Å². The van der Waals surface area contributed by atoms with Gasteiger partial charge in [-0.3, -0.25) is 4.79 Å². The molecule has 1 N–H and O–H groups in total. The molecule has 0 aliphatic rings. The third-order valence-corrected chi connectivity index (χ3v) is 4.33. The van der Waals surface area contributed by atoms with Gasteiger partial charge in [0.25, 0.3) is 5.91 Å². The Morgan fingerprint density at radius 3 is 2.42 bits per heavy atom. The van der Waals surface area contributed by atoms with E-state index in [0.29, 0.717) is 11.7 Å². The Hall–Kier alpha value is -2.21. The van der Waals surface area contributed by atoms with Crippen LogP contribution < -0.4 is 10.1 Å². The van der Waals surface area contributed by atoms with Crippen molar-refractivity contribution in [3.8, 4) is 5.75 Å². The van der Waals surface area contributed by atoms with Crippen molar-refractivity contribution >= 4 is 23.2 Å². The minimum atomic E-state index is -4.52. The lowest BCUT2D eigenvalue weighted by Gasteiger charge is -2.13. The monoisotopic (exact) mass is 385 g/mol. The fraction of sp³-hybridized carbons (Fsp3) is 0.316. The van der Waals surface area contributed by atoms with Gasteiger partial charge in [-0.2, -0.15) is 13.2 Å². The topological polar surface area (TPSA) is 38.3 Å². The lowest BCUT2D eigenvalue weighted by Crippen LogP contribution is -2.20. The van der Waals surface area contributed by atoms with E-state index in [0.717, 1.165) is 24.6 Å². The van der Waals surface area contributed by atoms with Crippen molar-refractivity contribution in [3.63, 3.8) is 0 Å². The zero-order valence-corrected chi connectivity index (χ0v) is 15.1. The van der Waals surface area contributed by atoms with Gasteiger partial charge >= 0.3 is 6.18 Å². The molecule has 3 nitrogen and oxygen atoms in total. The largest absolute Gasteiger partial charge is 0.484 e. The van der Waals surface area contributed by atoms with Crippen LogP contribution in [0.1, 0.15) is 37.3 Å². The maximum Gasteiger partial charge on any atom is 0.416 e. The number of carbonyl (C=O) groups is 1. The first-order valence-corrected chi connectivity index (χ1v) is 8.48. The van der Waals surface area contributed by atoms with Gasteiger partial charge in [0.2, 0.25) is 0 Å². The molecule has 0 fully saturated rings. The molecule has 0 bridgehead atoms. The van der Waals surface area contributed by atoms with Crippen LogP contribution >= 0.6 is 11.6 Å². The minimum absolute atomic E-state index is 0.0178. The average Bonchev–Trinajstić information content (AvgIpc) is 2.60. The Bertz CT molecular complexity index is 760. The van der Waals surface area contributed by atoms with Gasteiger partial charge in [0.15, 0.2) is 6.61 Å². The van der Waals surface area contributed by atoms with Crippen molar-refractivity contribution in [2.45, 2.75) is 32.4 Å². The fourth-order valence-corrected chi connectivity index (χ4v) is 2.43. The third kappa shape index (κ3) is 5.39. The highest BCUT2D eigenvalue weighted by Gasteiger charge is 2.31. The summed E-state index contributed by atoms with van der Waals surface area (Å²) >= 11 is 5.85. The lowest BCUT2D eigenvalue weighted by atomic mass is 9.99. The molecule has 7 heteroatoms. The Balaban J connectivity index is 1.97. The van der Waals surface area contributed by atoms with E-state index < -0.39 is 17.6 Å². The zero-order valence-electron chi connectivity index (χ0n) is 14.4. The van der Waals surface area contributed by atoms with Crippen molar-refractivity contribution in [1.82, 2.24) is 0 Å². The van der Waals surface area contributed by atoms with E-state index in [2.05, 4.69) is 19.2 Å². The average molecular weight is 386 g/mol. The number of anilines is 1. The van der Waals surface area contributed by atoms with Crippen LogP contribution in [0.3, 0.4) is 0 Å². The quantitative estimate of drug-likeness (QED) is 0.673. The summed E-state index contributed by atoms with van der Waals surface area (Å²) in [5, 5.41) is 2.35. The van der Waals surface area contributed by atoms with Crippen LogP contribution in [0, 0.1) is 0 Å². The summed E-state index contributed by atoms with van der Waals surface area (Å²) in [6.45, 7) is 3.87. The van der Waals surface area contributed by atoms with E-state index in [9.17, 15) is 18.0 Å². The number of hydrogen-bond acceptors (Lipinski definition) is 2. The second-order valence-electron chi connectivity index (χ2n) is 5.91. The molecular formula is C19H19ClF3NO2. The molecular weight excluding hydrogens is 367 g/mol. The number of ether oxygens (including phenoxy) is 1. The van der Waals surface area contributed by atoms with Crippen LogP contribution in [-0.2, 0) is 11.0 Å². The molecule has 0 aliphatic carbocycles. The maximum atomic E-state index is 12.7. The molecule has 0 aromatic heterocycles. The first kappa shape index (κ1) is 20.1. The Kier molecular flexibility index (Phi) is 6.53. The molecule has 0 heterocycles. The molecule has 2 aromatic rings. The second kappa shape index (κ2) is 8.45. The van der Waals surface area contributed by atoms with Gasteiger partial charge in [0, 0.05) is 0 Å². The summed E-state index contributed by atoms with van der Waals surface area (Å²) in [6.07, 6.45) is -3.50. The Morgan fingerprint density at radius 1 is 1.19 bits per heavy atom. The summed E-state index contributed by atoms with van der Waals surface area (Å²) in [6, 6.07) is 10.1. The molecule has 0 radical (unpaired) electrons. The first-order valence-electron chi connectivity index (χ1n) is 8.10. The number of benzene rings is 2. The second-order valence-corrected chi connectivity index (χ2v) is 6.31. The highest BCUT2D eigenvalue weighted by atomic mass is 35.5. The summed E-state index contributed by atoms with van der Waals surface area (Å²) in [5.41, 5.74) is 0.168. The van der Waals surface area contributed by atoms with Crippen LogP contribution in [0.15, 0.2) is 42.5 Å². The van der Waals surface area contributed by atoms with E-state index in [-0.39, 0.29) is 17.3 Å². The summed E-state index contributed by atoms with van der Waals surface area (Å²) < 4.78 is 43.6. The molecule has 0 aliphatic heterocycles. The van der Waals surface area contributed by atoms with Crippen molar-refractivity contribution in [1.29, 1.82) is 0 Å². The maximum absolute atomic E-state index is 12.7. The highest BCUT2D eigenvalue weighted by molar-refractivity contribution is 6.33. The zero-order chi connectivity index (χ0) is 19.3. The normalized spacial score (nSPS) is 12.5. The molecule has 26 heavy (non-hydrogen) atoms. The Morgan fingerprint density at radius 2 is 1.85 bits per heavy atom. The van der Waals surface area contributed by atoms with Crippen molar-refractivity contribution in [3.05, 3.63) is 58.6 Å². The van der Waals surface area contributed by atoms with Gasteiger partial charge in [-0.15, -0.1) is 0 Å². The number of rotatable bonds is 6. The van der Waals surface area contributed by atoms with Crippen LogP contribution in [0.25, 0.3) is 0 Å². The lowest BCUT2D eigenvalue weighted by molar-refractivity contribution is -0.137. The van der Waals surface area contributed by atoms with Crippen LogP contribution in [0.4, 0.5) is 18.9 Å². The molecule has 2 aromatic carbocycles. The van der Waals surface area contributed by atoms with Crippen LogP contribution in [0.2, 0.25) is 5.02 Å². The van der Waals surface area contributed by atoms with Gasteiger partial charge in [-0.05, 0) is 48.2 Å². The molecule has 2 rings (SSSR count). The van der Waals surface area contributed by atoms with Crippen molar-refractivity contribution < 1.29 is 22.7 Å². The van der Waals surface area contributed by atoms with Gasteiger partial charge in [0.05, 0.1) is 16.3 Å². The fourth-order valence-electron chi connectivity index (χ4n) is 2.26. The van der Waals surface area contributed by atoms with Crippen LogP contribution in [0.5, 0.6) is 5.75 Å². The SMILES string of the molecule is CC[C@@H](C)c1ccc(OCC(=O)Nc2cc(C(F)(F)F)ccc2Cl)cc1. The predicted molar refractivity (Wildman–Crippen MR) is 95.7 cm³/mol. The van der Waals surface area contributed by atoms with Crippen molar-refractivity contribution in [2.24, 2.45) is 0 Å². The first-order chi connectivity index (χ1) is 12.2. The van der Waals surface area contributed by atoms with Crippen LogP contribution in [-0.4, -0.2) is 12.5 Å². The van der Waals surface area contributed by atoms with Gasteiger partial charge in [-0.25, -0.2) is 0 Å². The van der Waals surface area contributed by atoms with Gasteiger partial charge < -0.3 is 10.1 Å². The molecule has 0 spiro atoms. The third-order valence-electron chi connectivity index (χ3n) is 4.00. The van der Waals surface area contributed by atoms with E-state index in [1.807, 2.05) is 12.1 Å². The molecule has 140 valence electrons. The summed E-state index contributed by atoms with van der Waals surface area (Å²) in [7, 11) is 0. The minimum Gasteiger partial charge on any atom is -0.484 e. The number of halogens is 4. The number of carbonyl (C=O) groups excluding carboxylic acids is 1. The Labute approximate surface area is 155 Å². The summed E-state index contributed by atoms with van der Waals surface area (Å²) in [5.74, 6) is 0.329. The standard InChI is InChI=1S/C19H19ClF3NO2/c1-3-12(2)13-4-7-15(8-5-13)26-11-18(25)24-17-10-14(19(21,22)23)6-9-16(17)20/h4-10,12H,3,11H2,1-2H3,(H,24,25)/t12-/m1/s1. The number of nitrogens with one attached hydrogen (secondary N) is 1.